The number of aromatic amines is 1. The van der Waals surface area contributed by atoms with Gasteiger partial charge in [-0.15, -0.1) is 0 Å². The molecule has 1 aliphatic heterocycles. The summed E-state index contributed by atoms with van der Waals surface area (Å²) in [6.45, 7) is 0.740. The van der Waals surface area contributed by atoms with Crippen molar-refractivity contribution in [3.05, 3.63) is 72.3 Å². The number of aromatic nitrogens is 2. The quantitative estimate of drug-likeness (QED) is 0.353. The Bertz CT molecular complexity index is 1130. The fraction of sp³-hybridized carbons (Fsp3) is 0.421. The molecule has 1 aliphatic rings. The SMILES string of the molecule is Cc1cn([C@H]2CC(O)[C@@H](COC(=O)OCCc3c(F)cccc3[N+](=O)[O-])O2)c(=O)[nH]c1=O. The Balaban J connectivity index is 1.51. The van der Waals surface area contributed by atoms with Crippen LogP contribution >= 0.6 is 0 Å². The molecule has 2 aromatic rings. The minimum atomic E-state index is -1.14. The molecule has 3 rings (SSSR count). The molecule has 32 heavy (non-hydrogen) atoms. The van der Waals surface area contributed by atoms with Gasteiger partial charge in [0.1, 0.15) is 24.8 Å². The fourth-order valence-electron chi connectivity index (χ4n) is 3.23. The fourth-order valence-corrected chi connectivity index (χ4v) is 3.23. The molecule has 172 valence electrons. The molecule has 13 heteroatoms. The molecular weight excluding hydrogens is 433 g/mol. The lowest BCUT2D eigenvalue weighted by Crippen LogP contribution is -2.33. The van der Waals surface area contributed by atoms with Crippen LogP contribution < -0.4 is 11.2 Å². The molecule has 0 aliphatic carbocycles. The molecule has 1 saturated heterocycles. The number of aliphatic hydroxyl groups is 1. The highest BCUT2D eigenvalue weighted by Crippen LogP contribution is 2.28. The monoisotopic (exact) mass is 453 g/mol. The molecule has 0 bridgehead atoms. The van der Waals surface area contributed by atoms with Crippen molar-refractivity contribution in [2.24, 2.45) is 0 Å². The predicted octanol–water partition coefficient (Wildman–Crippen LogP) is 0.937. The van der Waals surface area contributed by atoms with Crippen LogP contribution in [0.2, 0.25) is 0 Å². The van der Waals surface area contributed by atoms with Crippen LogP contribution in [0.1, 0.15) is 23.8 Å². The third kappa shape index (κ3) is 5.18. The largest absolute Gasteiger partial charge is 0.508 e. The molecule has 1 fully saturated rings. The van der Waals surface area contributed by atoms with Crippen LogP contribution in [0.4, 0.5) is 14.9 Å². The van der Waals surface area contributed by atoms with Crippen LogP contribution in [0.5, 0.6) is 0 Å². The van der Waals surface area contributed by atoms with E-state index in [2.05, 4.69) is 4.98 Å². The highest BCUT2D eigenvalue weighted by molar-refractivity contribution is 5.59. The van der Waals surface area contributed by atoms with E-state index in [1.165, 1.54) is 19.2 Å². The maximum absolute atomic E-state index is 13.8. The second-order valence-electron chi connectivity index (χ2n) is 7.06. The summed E-state index contributed by atoms with van der Waals surface area (Å²) in [5.41, 5.74) is -1.59. The van der Waals surface area contributed by atoms with E-state index in [-0.39, 0.29) is 30.6 Å². The number of carbonyl (C=O) groups excluding carboxylic acids is 1. The number of carbonyl (C=O) groups is 1. The van der Waals surface area contributed by atoms with E-state index in [0.717, 1.165) is 16.7 Å². The van der Waals surface area contributed by atoms with Gasteiger partial charge < -0.3 is 19.3 Å². The summed E-state index contributed by atoms with van der Waals surface area (Å²) in [6, 6.07) is 3.40. The molecule has 3 atom stereocenters. The minimum absolute atomic E-state index is 0.0193. The van der Waals surface area contributed by atoms with Gasteiger partial charge in [-0.3, -0.25) is 24.5 Å². The number of halogens is 1. The number of nitrogens with zero attached hydrogens (tertiary/aromatic N) is 2. The number of aryl methyl sites for hydroxylation is 1. The molecule has 2 heterocycles. The Kier molecular flexibility index (Phi) is 7.00. The standard InChI is InChI=1S/C19H20FN3O9/c1-10-8-22(18(26)21-17(10)25)16-7-14(24)15(32-16)9-31-19(27)30-6-5-11-12(20)3-2-4-13(11)23(28)29/h2-4,8,14-16,24H,5-7,9H2,1H3,(H,21,25,26)/t14?,15-,16-/m1/s1. The molecule has 2 N–H and O–H groups in total. The zero-order valence-corrected chi connectivity index (χ0v) is 16.9. The van der Waals surface area contributed by atoms with Crippen LogP contribution in [-0.2, 0) is 20.6 Å². The second kappa shape index (κ2) is 9.70. The smallest absolute Gasteiger partial charge is 0.434 e. The highest BCUT2D eigenvalue weighted by Gasteiger charge is 2.36. The lowest BCUT2D eigenvalue weighted by molar-refractivity contribution is -0.385. The van der Waals surface area contributed by atoms with Gasteiger partial charge >= 0.3 is 11.8 Å². The van der Waals surface area contributed by atoms with Gasteiger partial charge in [0.15, 0.2) is 0 Å². The third-order valence-electron chi connectivity index (χ3n) is 4.89. The molecule has 1 aromatic heterocycles. The molecule has 12 nitrogen and oxygen atoms in total. The Morgan fingerprint density at radius 3 is 2.88 bits per heavy atom. The summed E-state index contributed by atoms with van der Waals surface area (Å²) >= 11 is 0. The average molecular weight is 453 g/mol. The topological polar surface area (TPSA) is 163 Å². The van der Waals surface area contributed by atoms with Crippen molar-refractivity contribution >= 4 is 11.8 Å². The van der Waals surface area contributed by atoms with Gasteiger partial charge in [-0.25, -0.2) is 14.0 Å². The summed E-state index contributed by atoms with van der Waals surface area (Å²) in [6.07, 6.45) is -2.95. The van der Waals surface area contributed by atoms with E-state index >= 15 is 0 Å². The van der Waals surface area contributed by atoms with Gasteiger partial charge in [-0.2, -0.15) is 0 Å². The summed E-state index contributed by atoms with van der Waals surface area (Å²) in [5, 5.41) is 21.1. The Hall–Kier alpha value is -3.58. The van der Waals surface area contributed by atoms with Crippen molar-refractivity contribution in [3.63, 3.8) is 0 Å². The first-order valence-corrected chi connectivity index (χ1v) is 9.54. The van der Waals surface area contributed by atoms with Gasteiger partial charge in [-0.1, -0.05) is 6.07 Å². The summed E-state index contributed by atoms with van der Waals surface area (Å²) in [7, 11) is 0. The molecule has 0 radical (unpaired) electrons. The van der Waals surface area contributed by atoms with Crippen molar-refractivity contribution in [1.29, 1.82) is 0 Å². The highest BCUT2D eigenvalue weighted by atomic mass is 19.1. The third-order valence-corrected chi connectivity index (χ3v) is 4.89. The van der Waals surface area contributed by atoms with Crippen molar-refractivity contribution in [1.82, 2.24) is 9.55 Å². The van der Waals surface area contributed by atoms with Crippen LogP contribution in [0, 0.1) is 22.9 Å². The van der Waals surface area contributed by atoms with E-state index in [4.69, 9.17) is 14.2 Å². The normalized spacial score (nSPS) is 20.2. The van der Waals surface area contributed by atoms with Gasteiger partial charge in [0.05, 0.1) is 23.2 Å². The summed E-state index contributed by atoms with van der Waals surface area (Å²) in [5.74, 6) is -0.794. The number of nitrogens with one attached hydrogen (secondary N) is 1. The first-order valence-electron chi connectivity index (χ1n) is 9.54. The maximum Gasteiger partial charge on any atom is 0.508 e. The number of aliphatic hydroxyl groups excluding tert-OH is 1. The Morgan fingerprint density at radius 1 is 1.41 bits per heavy atom. The van der Waals surface area contributed by atoms with Gasteiger partial charge in [0.25, 0.3) is 11.2 Å². The van der Waals surface area contributed by atoms with Crippen LogP contribution in [-0.4, -0.2) is 51.2 Å². The number of rotatable bonds is 7. The first-order chi connectivity index (χ1) is 15.2. The maximum atomic E-state index is 13.8. The van der Waals surface area contributed by atoms with Gasteiger partial charge in [-0.05, 0) is 13.0 Å². The number of nitro groups is 1. The number of hydrogen-bond acceptors (Lipinski definition) is 9. The molecule has 0 saturated carbocycles. The van der Waals surface area contributed by atoms with Gasteiger partial charge in [0, 0.05) is 30.7 Å². The lowest BCUT2D eigenvalue weighted by Gasteiger charge is -2.16. The molecule has 1 aromatic carbocycles. The Morgan fingerprint density at radius 2 is 2.16 bits per heavy atom. The van der Waals surface area contributed by atoms with E-state index in [1.807, 2.05) is 0 Å². The zero-order valence-electron chi connectivity index (χ0n) is 16.9. The predicted molar refractivity (Wildman–Crippen MR) is 105 cm³/mol. The molecular formula is C19H20FN3O9. The van der Waals surface area contributed by atoms with Crippen molar-refractivity contribution in [2.45, 2.75) is 38.2 Å². The molecule has 0 spiro atoms. The van der Waals surface area contributed by atoms with Crippen LogP contribution in [0.15, 0.2) is 34.0 Å². The van der Waals surface area contributed by atoms with Crippen molar-refractivity contribution < 1.29 is 33.4 Å². The summed E-state index contributed by atoms with van der Waals surface area (Å²) < 4.78 is 30.2. The number of nitro benzene ring substituents is 1. The minimum Gasteiger partial charge on any atom is -0.434 e. The number of ether oxygens (including phenoxy) is 3. The first kappa shape index (κ1) is 23.1. The lowest BCUT2D eigenvalue weighted by atomic mass is 10.1. The van der Waals surface area contributed by atoms with E-state index in [0.29, 0.717) is 0 Å². The number of benzene rings is 1. The van der Waals surface area contributed by atoms with Crippen molar-refractivity contribution in [2.75, 3.05) is 13.2 Å². The van der Waals surface area contributed by atoms with E-state index in [1.54, 1.807) is 0 Å². The molecule has 1 unspecified atom stereocenters. The Labute approximate surface area is 179 Å². The number of hydrogen-bond donors (Lipinski definition) is 2. The van der Waals surface area contributed by atoms with Crippen LogP contribution in [0.25, 0.3) is 0 Å². The number of H-pyrrole nitrogens is 1. The van der Waals surface area contributed by atoms with E-state index < -0.39 is 58.9 Å². The van der Waals surface area contributed by atoms with Crippen molar-refractivity contribution in [3.8, 4) is 0 Å². The summed E-state index contributed by atoms with van der Waals surface area (Å²) in [4.78, 5) is 47.6. The second-order valence-corrected chi connectivity index (χ2v) is 7.06. The van der Waals surface area contributed by atoms with E-state index in [9.17, 15) is 34.0 Å². The zero-order chi connectivity index (χ0) is 23.4. The van der Waals surface area contributed by atoms with Crippen LogP contribution in [0.3, 0.4) is 0 Å². The average Bonchev–Trinajstić information content (AvgIpc) is 3.10. The molecule has 0 amide bonds. The van der Waals surface area contributed by atoms with Gasteiger partial charge in [0.2, 0.25) is 0 Å².